The summed E-state index contributed by atoms with van der Waals surface area (Å²) in [6.07, 6.45) is 10.2. The Kier molecular flexibility index (Phi) is 0.987. The van der Waals surface area contributed by atoms with E-state index in [1.165, 1.54) is 19.3 Å². The molecule has 3 aliphatic carbocycles. The SMILES string of the molecule is CC1=CC2CC1C1(CCC1)C2. The van der Waals surface area contributed by atoms with Gasteiger partial charge in [-0.05, 0) is 49.9 Å². The van der Waals surface area contributed by atoms with Crippen molar-refractivity contribution in [3.8, 4) is 0 Å². The maximum absolute atomic E-state index is 2.54. The van der Waals surface area contributed by atoms with E-state index in [4.69, 9.17) is 0 Å². The van der Waals surface area contributed by atoms with Crippen LogP contribution < -0.4 is 0 Å². The van der Waals surface area contributed by atoms with Gasteiger partial charge in [-0.15, -0.1) is 0 Å². The Morgan fingerprint density at radius 2 is 2.27 bits per heavy atom. The van der Waals surface area contributed by atoms with E-state index in [0.29, 0.717) is 0 Å². The molecule has 2 fully saturated rings. The van der Waals surface area contributed by atoms with E-state index in [2.05, 4.69) is 13.0 Å². The molecule has 0 aromatic rings. The van der Waals surface area contributed by atoms with Gasteiger partial charge < -0.3 is 0 Å². The Hall–Kier alpha value is -0.260. The second kappa shape index (κ2) is 1.73. The van der Waals surface area contributed by atoms with Crippen molar-refractivity contribution in [2.24, 2.45) is 17.3 Å². The van der Waals surface area contributed by atoms with E-state index in [-0.39, 0.29) is 0 Å². The molecule has 2 unspecified atom stereocenters. The normalized spacial score (nSPS) is 44.3. The van der Waals surface area contributed by atoms with Gasteiger partial charge in [0, 0.05) is 0 Å². The topological polar surface area (TPSA) is 0 Å². The lowest BCUT2D eigenvalue weighted by atomic mass is 9.60. The lowest BCUT2D eigenvalue weighted by Gasteiger charge is -2.45. The summed E-state index contributed by atoms with van der Waals surface area (Å²) in [5.41, 5.74) is 2.56. The van der Waals surface area contributed by atoms with Crippen LogP contribution in [0.1, 0.15) is 39.0 Å². The first-order valence-corrected chi connectivity index (χ1v) is 4.98. The maximum Gasteiger partial charge on any atom is -0.0143 e. The van der Waals surface area contributed by atoms with Crippen LogP contribution in [0.2, 0.25) is 0 Å². The largest absolute Gasteiger partial charge is 0.0821 e. The molecular weight excluding hydrogens is 132 g/mol. The molecule has 2 bridgehead atoms. The standard InChI is InChI=1S/C11H16/c1-8-5-9-6-10(8)11(7-9)3-2-4-11/h5,9-10H,2-4,6-7H2,1H3. The van der Waals surface area contributed by atoms with Gasteiger partial charge in [-0.25, -0.2) is 0 Å². The molecule has 0 aliphatic heterocycles. The summed E-state index contributed by atoms with van der Waals surface area (Å²) in [4.78, 5) is 0. The summed E-state index contributed by atoms with van der Waals surface area (Å²) in [7, 11) is 0. The predicted octanol–water partition coefficient (Wildman–Crippen LogP) is 3.14. The lowest BCUT2D eigenvalue weighted by Crippen LogP contribution is -2.34. The van der Waals surface area contributed by atoms with Gasteiger partial charge in [0.2, 0.25) is 0 Å². The van der Waals surface area contributed by atoms with Crippen molar-refractivity contribution in [3.05, 3.63) is 11.6 Å². The molecule has 0 heterocycles. The van der Waals surface area contributed by atoms with E-state index < -0.39 is 0 Å². The van der Waals surface area contributed by atoms with Crippen LogP contribution in [-0.4, -0.2) is 0 Å². The zero-order chi connectivity index (χ0) is 7.47. The zero-order valence-electron chi connectivity index (χ0n) is 7.27. The first kappa shape index (κ1) is 6.28. The fraction of sp³-hybridized carbons (Fsp3) is 0.818. The van der Waals surface area contributed by atoms with Crippen molar-refractivity contribution < 1.29 is 0 Å². The van der Waals surface area contributed by atoms with Crippen molar-refractivity contribution >= 4 is 0 Å². The lowest BCUT2D eigenvalue weighted by molar-refractivity contribution is 0.0909. The molecule has 0 aromatic heterocycles. The summed E-state index contributed by atoms with van der Waals surface area (Å²) in [6.45, 7) is 2.35. The monoisotopic (exact) mass is 148 g/mol. The van der Waals surface area contributed by atoms with Crippen LogP contribution >= 0.6 is 0 Å². The quantitative estimate of drug-likeness (QED) is 0.463. The highest BCUT2D eigenvalue weighted by atomic mass is 14.6. The summed E-state index contributed by atoms with van der Waals surface area (Å²) >= 11 is 0. The Labute approximate surface area is 68.7 Å². The maximum atomic E-state index is 2.54. The van der Waals surface area contributed by atoms with Gasteiger partial charge in [0.05, 0.1) is 0 Å². The molecule has 0 heteroatoms. The van der Waals surface area contributed by atoms with E-state index in [9.17, 15) is 0 Å². The second-order valence-electron chi connectivity index (χ2n) is 4.88. The van der Waals surface area contributed by atoms with Crippen molar-refractivity contribution in [2.45, 2.75) is 39.0 Å². The molecule has 1 spiro atoms. The van der Waals surface area contributed by atoms with Gasteiger partial charge in [0.25, 0.3) is 0 Å². The van der Waals surface area contributed by atoms with Crippen LogP contribution in [0.4, 0.5) is 0 Å². The highest BCUT2D eigenvalue weighted by Crippen LogP contribution is 2.64. The molecule has 2 atom stereocenters. The first-order chi connectivity index (χ1) is 5.30. The van der Waals surface area contributed by atoms with E-state index >= 15 is 0 Å². The highest BCUT2D eigenvalue weighted by Gasteiger charge is 2.53. The summed E-state index contributed by atoms with van der Waals surface area (Å²) in [5.74, 6) is 2.00. The van der Waals surface area contributed by atoms with Crippen LogP contribution in [0.25, 0.3) is 0 Å². The molecule has 0 radical (unpaired) electrons. The summed E-state index contributed by atoms with van der Waals surface area (Å²) < 4.78 is 0. The van der Waals surface area contributed by atoms with E-state index in [1.807, 2.05) is 0 Å². The van der Waals surface area contributed by atoms with Crippen LogP contribution in [-0.2, 0) is 0 Å². The molecule has 2 saturated carbocycles. The Balaban J connectivity index is 1.97. The number of fused-ring (bicyclic) bond motifs is 3. The summed E-state index contributed by atoms with van der Waals surface area (Å²) in [5, 5.41) is 0. The van der Waals surface area contributed by atoms with Crippen molar-refractivity contribution in [2.75, 3.05) is 0 Å². The molecule has 3 rings (SSSR count). The Bertz CT molecular complexity index is 220. The average Bonchev–Trinajstić information content (AvgIpc) is 2.39. The fourth-order valence-electron chi connectivity index (χ4n) is 3.77. The average molecular weight is 148 g/mol. The van der Waals surface area contributed by atoms with Gasteiger partial charge in [0.15, 0.2) is 0 Å². The van der Waals surface area contributed by atoms with Gasteiger partial charge in [-0.1, -0.05) is 18.1 Å². The number of rotatable bonds is 0. The molecule has 11 heavy (non-hydrogen) atoms. The second-order valence-corrected chi connectivity index (χ2v) is 4.88. The minimum absolute atomic E-state index is 0.837. The van der Waals surface area contributed by atoms with Crippen LogP contribution in [0.15, 0.2) is 11.6 Å². The van der Waals surface area contributed by atoms with Crippen LogP contribution in [0, 0.1) is 17.3 Å². The fourth-order valence-corrected chi connectivity index (χ4v) is 3.77. The van der Waals surface area contributed by atoms with Crippen LogP contribution in [0.3, 0.4) is 0 Å². The number of hydrogen-bond acceptors (Lipinski definition) is 0. The van der Waals surface area contributed by atoms with Crippen molar-refractivity contribution in [1.82, 2.24) is 0 Å². The third-order valence-corrected chi connectivity index (χ3v) is 4.34. The van der Waals surface area contributed by atoms with Crippen molar-refractivity contribution in [3.63, 3.8) is 0 Å². The summed E-state index contributed by atoms with van der Waals surface area (Å²) in [6, 6.07) is 0. The minimum atomic E-state index is 0.837. The van der Waals surface area contributed by atoms with E-state index in [1.54, 1.807) is 18.4 Å². The molecule has 0 amide bonds. The molecule has 60 valence electrons. The van der Waals surface area contributed by atoms with Gasteiger partial charge in [-0.2, -0.15) is 0 Å². The van der Waals surface area contributed by atoms with Crippen molar-refractivity contribution in [1.29, 1.82) is 0 Å². The molecule has 0 nitrogen and oxygen atoms in total. The third kappa shape index (κ3) is 0.617. The minimum Gasteiger partial charge on any atom is -0.0821 e. The highest BCUT2D eigenvalue weighted by molar-refractivity contribution is 5.24. The predicted molar refractivity (Wildman–Crippen MR) is 46.3 cm³/mol. The van der Waals surface area contributed by atoms with E-state index in [0.717, 1.165) is 17.3 Å². The number of hydrogen-bond donors (Lipinski definition) is 0. The zero-order valence-corrected chi connectivity index (χ0v) is 7.27. The molecule has 0 aromatic carbocycles. The first-order valence-electron chi connectivity index (χ1n) is 4.98. The molecule has 0 N–H and O–H groups in total. The Morgan fingerprint density at radius 3 is 2.64 bits per heavy atom. The molecule has 3 aliphatic rings. The smallest absolute Gasteiger partial charge is 0.0143 e. The van der Waals surface area contributed by atoms with Gasteiger partial charge in [0.1, 0.15) is 0 Å². The molecule has 0 saturated heterocycles. The Morgan fingerprint density at radius 1 is 1.45 bits per heavy atom. The van der Waals surface area contributed by atoms with Gasteiger partial charge in [-0.3, -0.25) is 0 Å². The third-order valence-electron chi connectivity index (χ3n) is 4.34. The molecular formula is C11H16. The van der Waals surface area contributed by atoms with Gasteiger partial charge >= 0.3 is 0 Å². The van der Waals surface area contributed by atoms with Crippen LogP contribution in [0.5, 0.6) is 0 Å². The number of allylic oxidation sites excluding steroid dienone is 2.